The smallest absolute Gasteiger partial charge is 0.150 e. The molecule has 0 aliphatic rings. The molecular formula is C14H18ClN3O. The lowest BCUT2D eigenvalue weighted by molar-refractivity contribution is 0.265. The third-order valence-corrected chi connectivity index (χ3v) is 3.21. The summed E-state index contributed by atoms with van der Waals surface area (Å²) in [7, 11) is 2.01. The average Bonchev–Trinajstić information content (AvgIpc) is 2.80. The van der Waals surface area contributed by atoms with Crippen molar-refractivity contribution in [1.82, 2.24) is 15.0 Å². The lowest BCUT2D eigenvalue weighted by Crippen LogP contribution is -2.17. The minimum atomic E-state index is 0.385. The Morgan fingerprint density at radius 3 is 2.79 bits per heavy atom. The summed E-state index contributed by atoms with van der Waals surface area (Å²) in [5.74, 6) is 1.25. The van der Waals surface area contributed by atoms with Gasteiger partial charge in [0.1, 0.15) is 5.15 Å². The molecule has 0 spiro atoms. The minimum Gasteiger partial charge on any atom is -0.360 e. The zero-order chi connectivity index (χ0) is 13.8. The quantitative estimate of drug-likeness (QED) is 0.786. The molecule has 0 N–H and O–H groups in total. The van der Waals surface area contributed by atoms with E-state index >= 15 is 0 Å². The van der Waals surface area contributed by atoms with Crippen molar-refractivity contribution in [3.05, 3.63) is 46.6 Å². The summed E-state index contributed by atoms with van der Waals surface area (Å²) in [6.45, 7) is 5.62. The van der Waals surface area contributed by atoms with Crippen LogP contribution in [0.4, 0.5) is 0 Å². The molecule has 0 aliphatic heterocycles. The normalized spacial score (nSPS) is 11.5. The van der Waals surface area contributed by atoms with E-state index in [1.54, 1.807) is 6.20 Å². The van der Waals surface area contributed by atoms with E-state index in [0.717, 1.165) is 23.6 Å². The topological polar surface area (TPSA) is 42.2 Å². The lowest BCUT2D eigenvalue weighted by atomic mass is 10.1. The second-order valence-corrected chi connectivity index (χ2v) is 5.36. The Labute approximate surface area is 118 Å². The van der Waals surface area contributed by atoms with Gasteiger partial charge >= 0.3 is 0 Å². The molecule has 5 heteroatoms. The van der Waals surface area contributed by atoms with Gasteiger partial charge in [-0.1, -0.05) is 36.7 Å². The van der Waals surface area contributed by atoms with E-state index in [4.69, 9.17) is 16.1 Å². The van der Waals surface area contributed by atoms with Crippen molar-refractivity contribution >= 4 is 11.6 Å². The Kier molecular flexibility index (Phi) is 4.56. The van der Waals surface area contributed by atoms with E-state index in [2.05, 4.69) is 28.9 Å². The molecule has 4 nitrogen and oxygen atoms in total. The van der Waals surface area contributed by atoms with Crippen LogP contribution in [0, 0.1) is 0 Å². The number of aromatic nitrogens is 2. The van der Waals surface area contributed by atoms with Crippen molar-refractivity contribution < 1.29 is 4.52 Å². The molecule has 2 rings (SSSR count). The van der Waals surface area contributed by atoms with Crippen LogP contribution in [-0.4, -0.2) is 22.1 Å². The number of halogens is 1. The summed E-state index contributed by atoms with van der Waals surface area (Å²) >= 11 is 6.04. The number of hydrogen-bond donors (Lipinski definition) is 0. The lowest BCUT2D eigenvalue weighted by Gasteiger charge is -2.15. The van der Waals surface area contributed by atoms with Gasteiger partial charge in [0.05, 0.1) is 12.2 Å². The first-order chi connectivity index (χ1) is 9.06. The molecule has 2 aromatic rings. The monoisotopic (exact) mass is 279 g/mol. The highest BCUT2D eigenvalue weighted by Crippen LogP contribution is 2.17. The standard InChI is InChI=1S/C14H18ClN3O/c1-10(2)13-7-12(19-17-13)9-18(3)8-11-5-4-6-16-14(11)15/h4-7,10H,8-9H2,1-3H3. The van der Waals surface area contributed by atoms with Gasteiger partial charge in [0, 0.05) is 24.4 Å². The molecule has 0 radical (unpaired) electrons. The van der Waals surface area contributed by atoms with Gasteiger partial charge in [0.15, 0.2) is 5.76 Å². The Bertz CT molecular complexity index is 539. The van der Waals surface area contributed by atoms with Gasteiger partial charge in [-0.15, -0.1) is 0 Å². The van der Waals surface area contributed by atoms with Crippen molar-refractivity contribution in [2.24, 2.45) is 0 Å². The van der Waals surface area contributed by atoms with Crippen LogP contribution in [0.5, 0.6) is 0 Å². The summed E-state index contributed by atoms with van der Waals surface area (Å²) in [5, 5.41) is 4.60. The zero-order valence-corrected chi connectivity index (χ0v) is 12.2. The maximum Gasteiger partial charge on any atom is 0.150 e. The molecule has 2 aromatic heterocycles. The molecule has 0 atom stereocenters. The van der Waals surface area contributed by atoms with Crippen LogP contribution in [0.1, 0.15) is 36.8 Å². The molecule has 0 unspecified atom stereocenters. The fraction of sp³-hybridized carbons (Fsp3) is 0.429. The molecule has 0 aromatic carbocycles. The van der Waals surface area contributed by atoms with Crippen LogP contribution in [0.25, 0.3) is 0 Å². The van der Waals surface area contributed by atoms with Crippen LogP contribution in [0.2, 0.25) is 5.15 Å². The third kappa shape index (κ3) is 3.78. The minimum absolute atomic E-state index is 0.385. The van der Waals surface area contributed by atoms with Crippen molar-refractivity contribution in [2.45, 2.75) is 32.9 Å². The zero-order valence-electron chi connectivity index (χ0n) is 11.4. The van der Waals surface area contributed by atoms with E-state index in [0.29, 0.717) is 17.6 Å². The van der Waals surface area contributed by atoms with Gasteiger partial charge in [-0.25, -0.2) is 4.98 Å². The van der Waals surface area contributed by atoms with Crippen LogP contribution >= 0.6 is 11.6 Å². The molecule has 2 heterocycles. The largest absolute Gasteiger partial charge is 0.360 e. The number of pyridine rings is 1. The number of hydrogen-bond acceptors (Lipinski definition) is 4. The highest BCUT2D eigenvalue weighted by atomic mass is 35.5. The Hall–Kier alpha value is -1.39. The molecule has 0 bridgehead atoms. The van der Waals surface area contributed by atoms with Crippen LogP contribution in [0.3, 0.4) is 0 Å². The molecule has 0 saturated heterocycles. The maximum absolute atomic E-state index is 6.04. The molecule has 19 heavy (non-hydrogen) atoms. The second kappa shape index (κ2) is 6.17. The summed E-state index contributed by atoms with van der Waals surface area (Å²) in [6.07, 6.45) is 1.69. The van der Waals surface area contributed by atoms with E-state index in [1.807, 2.05) is 25.2 Å². The van der Waals surface area contributed by atoms with Crippen molar-refractivity contribution in [1.29, 1.82) is 0 Å². The number of nitrogens with zero attached hydrogens (tertiary/aromatic N) is 3. The van der Waals surface area contributed by atoms with Crippen molar-refractivity contribution in [3.63, 3.8) is 0 Å². The van der Waals surface area contributed by atoms with Crippen LogP contribution < -0.4 is 0 Å². The Morgan fingerprint density at radius 2 is 2.16 bits per heavy atom. The first-order valence-electron chi connectivity index (χ1n) is 6.29. The van der Waals surface area contributed by atoms with E-state index in [1.165, 1.54) is 0 Å². The maximum atomic E-state index is 6.04. The summed E-state index contributed by atoms with van der Waals surface area (Å²) in [6, 6.07) is 5.87. The fourth-order valence-corrected chi connectivity index (χ4v) is 2.00. The predicted molar refractivity (Wildman–Crippen MR) is 75.0 cm³/mol. The fourth-order valence-electron chi connectivity index (χ4n) is 1.83. The van der Waals surface area contributed by atoms with Gasteiger partial charge in [0.2, 0.25) is 0 Å². The van der Waals surface area contributed by atoms with Gasteiger partial charge < -0.3 is 4.52 Å². The van der Waals surface area contributed by atoms with E-state index in [9.17, 15) is 0 Å². The molecular weight excluding hydrogens is 262 g/mol. The molecule has 0 fully saturated rings. The van der Waals surface area contributed by atoms with Gasteiger partial charge in [-0.2, -0.15) is 0 Å². The highest BCUT2D eigenvalue weighted by molar-refractivity contribution is 6.30. The molecule has 0 saturated carbocycles. The SMILES string of the molecule is CC(C)c1cc(CN(C)Cc2cccnc2Cl)on1. The Morgan fingerprint density at radius 1 is 1.37 bits per heavy atom. The van der Waals surface area contributed by atoms with Gasteiger partial charge in [-0.3, -0.25) is 4.90 Å². The molecule has 0 amide bonds. The van der Waals surface area contributed by atoms with Gasteiger partial charge in [0.25, 0.3) is 0 Å². The average molecular weight is 280 g/mol. The Balaban J connectivity index is 1.97. The van der Waals surface area contributed by atoms with Gasteiger partial charge in [-0.05, 0) is 19.0 Å². The highest BCUT2D eigenvalue weighted by Gasteiger charge is 2.11. The van der Waals surface area contributed by atoms with E-state index in [-0.39, 0.29) is 0 Å². The van der Waals surface area contributed by atoms with Crippen molar-refractivity contribution in [3.8, 4) is 0 Å². The summed E-state index contributed by atoms with van der Waals surface area (Å²) in [4.78, 5) is 6.19. The second-order valence-electron chi connectivity index (χ2n) is 5.00. The third-order valence-electron chi connectivity index (χ3n) is 2.87. The first kappa shape index (κ1) is 14.0. The molecule has 0 aliphatic carbocycles. The van der Waals surface area contributed by atoms with Crippen LogP contribution in [-0.2, 0) is 13.1 Å². The number of rotatable bonds is 5. The van der Waals surface area contributed by atoms with E-state index < -0.39 is 0 Å². The summed E-state index contributed by atoms with van der Waals surface area (Å²) < 4.78 is 5.32. The van der Waals surface area contributed by atoms with Crippen molar-refractivity contribution in [2.75, 3.05) is 7.05 Å². The predicted octanol–water partition coefficient (Wildman–Crippen LogP) is 3.48. The first-order valence-corrected chi connectivity index (χ1v) is 6.67. The molecule has 102 valence electrons. The van der Waals surface area contributed by atoms with Crippen LogP contribution in [0.15, 0.2) is 28.9 Å². The summed E-state index contributed by atoms with van der Waals surface area (Å²) in [5.41, 5.74) is 2.00.